The Balaban J connectivity index is 2.36. The largest absolute Gasteiger partial charge is 0.481 e. The van der Waals surface area contributed by atoms with E-state index in [9.17, 15) is 13.2 Å². The number of hydrogen-bond donors (Lipinski definition) is 2. The van der Waals surface area contributed by atoms with E-state index >= 15 is 0 Å². The average Bonchev–Trinajstić information content (AvgIpc) is 2.28. The lowest BCUT2D eigenvalue weighted by Crippen LogP contribution is -2.40. The molecule has 0 heterocycles. The zero-order valence-electron chi connectivity index (χ0n) is 10.9. The molecule has 106 valence electrons. The lowest BCUT2D eigenvalue weighted by atomic mass is 9.85. The molecule has 0 aromatic heterocycles. The van der Waals surface area contributed by atoms with Crippen molar-refractivity contribution in [2.75, 3.05) is 5.75 Å². The molecule has 6 heteroatoms. The van der Waals surface area contributed by atoms with Gasteiger partial charge in [0.15, 0.2) is 0 Å². The van der Waals surface area contributed by atoms with Crippen LogP contribution < -0.4 is 4.72 Å². The van der Waals surface area contributed by atoms with Crippen LogP contribution in [-0.4, -0.2) is 31.3 Å². The smallest absolute Gasteiger partial charge is 0.303 e. The first-order valence-corrected chi connectivity index (χ1v) is 8.28. The fourth-order valence-electron chi connectivity index (χ4n) is 2.49. The third kappa shape index (κ3) is 5.82. The van der Waals surface area contributed by atoms with Gasteiger partial charge in [0, 0.05) is 12.5 Å². The van der Waals surface area contributed by atoms with E-state index in [4.69, 9.17) is 5.11 Å². The topological polar surface area (TPSA) is 83.5 Å². The number of carboxylic acid groups (broad SMARTS) is 1. The van der Waals surface area contributed by atoms with Gasteiger partial charge in [-0.05, 0) is 32.1 Å². The summed E-state index contributed by atoms with van der Waals surface area (Å²) in [5, 5.41) is 8.48. The van der Waals surface area contributed by atoms with Crippen LogP contribution in [0.1, 0.15) is 51.9 Å². The summed E-state index contributed by atoms with van der Waals surface area (Å²) in [7, 11) is -3.34. The molecule has 1 atom stereocenters. The van der Waals surface area contributed by atoms with Crippen molar-refractivity contribution < 1.29 is 18.3 Å². The van der Waals surface area contributed by atoms with Crippen LogP contribution in [0, 0.1) is 5.92 Å². The van der Waals surface area contributed by atoms with Crippen molar-refractivity contribution in [3.05, 3.63) is 0 Å². The molecule has 1 fully saturated rings. The van der Waals surface area contributed by atoms with Crippen LogP contribution >= 0.6 is 0 Å². The van der Waals surface area contributed by atoms with Crippen LogP contribution in [0.4, 0.5) is 0 Å². The van der Waals surface area contributed by atoms with E-state index in [1.165, 1.54) is 19.3 Å². The van der Waals surface area contributed by atoms with Crippen molar-refractivity contribution in [2.45, 2.75) is 57.9 Å². The van der Waals surface area contributed by atoms with E-state index < -0.39 is 16.0 Å². The SMILES string of the molecule is C[C@H](NS(=O)(=O)CCCC(=O)O)C1CCCCC1. The number of aliphatic carboxylic acids is 1. The molecular weight excluding hydrogens is 254 g/mol. The molecule has 2 N–H and O–H groups in total. The molecule has 0 saturated heterocycles. The predicted octanol–water partition coefficient (Wildman–Crippen LogP) is 1.74. The van der Waals surface area contributed by atoms with Crippen molar-refractivity contribution in [2.24, 2.45) is 5.92 Å². The predicted molar refractivity (Wildman–Crippen MR) is 69.8 cm³/mol. The molecule has 18 heavy (non-hydrogen) atoms. The molecule has 0 aliphatic heterocycles. The molecule has 1 rings (SSSR count). The maximum absolute atomic E-state index is 11.8. The van der Waals surface area contributed by atoms with Crippen LogP contribution in [-0.2, 0) is 14.8 Å². The Morgan fingerprint density at radius 2 is 1.94 bits per heavy atom. The first-order chi connectivity index (χ1) is 8.41. The fourth-order valence-corrected chi connectivity index (χ4v) is 3.89. The van der Waals surface area contributed by atoms with Gasteiger partial charge in [0.2, 0.25) is 10.0 Å². The standard InChI is InChI=1S/C12H23NO4S/c1-10(11-6-3-2-4-7-11)13-18(16,17)9-5-8-12(14)15/h10-11,13H,2-9H2,1H3,(H,14,15)/t10-/m0/s1. The second-order valence-electron chi connectivity index (χ2n) is 5.12. The van der Waals surface area contributed by atoms with Gasteiger partial charge >= 0.3 is 5.97 Å². The van der Waals surface area contributed by atoms with E-state index in [0.29, 0.717) is 5.92 Å². The Bertz CT molecular complexity index is 360. The number of hydrogen-bond acceptors (Lipinski definition) is 3. The third-order valence-corrected chi connectivity index (χ3v) is 5.08. The highest BCUT2D eigenvalue weighted by atomic mass is 32.2. The highest BCUT2D eigenvalue weighted by Gasteiger charge is 2.23. The second-order valence-corrected chi connectivity index (χ2v) is 6.99. The quantitative estimate of drug-likeness (QED) is 0.742. The summed E-state index contributed by atoms with van der Waals surface area (Å²) in [6, 6.07) is -0.0415. The van der Waals surface area contributed by atoms with E-state index in [1.54, 1.807) is 0 Å². The van der Waals surface area contributed by atoms with Gasteiger partial charge in [-0.1, -0.05) is 19.3 Å². The molecule has 0 amide bonds. The Morgan fingerprint density at radius 3 is 2.50 bits per heavy atom. The van der Waals surface area contributed by atoms with Gasteiger partial charge in [-0.2, -0.15) is 0 Å². The summed E-state index contributed by atoms with van der Waals surface area (Å²) < 4.78 is 26.2. The zero-order valence-corrected chi connectivity index (χ0v) is 11.7. The third-order valence-electron chi connectivity index (χ3n) is 3.53. The lowest BCUT2D eigenvalue weighted by molar-refractivity contribution is -0.137. The van der Waals surface area contributed by atoms with Gasteiger partial charge in [0.1, 0.15) is 0 Å². The number of carboxylic acids is 1. The fraction of sp³-hybridized carbons (Fsp3) is 0.917. The number of carbonyl (C=O) groups is 1. The minimum Gasteiger partial charge on any atom is -0.481 e. The van der Waals surface area contributed by atoms with Crippen LogP contribution in [0.3, 0.4) is 0 Å². The molecule has 1 aliphatic carbocycles. The molecule has 1 aliphatic rings. The van der Waals surface area contributed by atoms with Crippen LogP contribution in [0.15, 0.2) is 0 Å². The molecule has 0 spiro atoms. The molecular formula is C12H23NO4S. The number of sulfonamides is 1. The van der Waals surface area contributed by atoms with Gasteiger partial charge in [-0.25, -0.2) is 13.1 Å². The summed E-state index contributed by atoms with van der Waals surface area (Å²) in [6.45, 7) is 1.91. The van der Waals surface area contributed by atoms with Crippen LogP contribution in [0.5, 0.6) is 0 Å². The molecule has 0 unspecified atom stereocenters. The van der Waals surface area contributed by atoms with Gasteiger partial charge < -0.3 is 5.11 Å². The van der Waals surface area contributed by atoms with E-state index in [0.717, 1.165) is 12.8 Å². The Kier molecular flexibility index (Phi) is 6.08. The maximum Gasteiger partial charge on any atom is 0.303 e. The second kappa shape index (κ2) is 7.09. The van der Waals surface area contributed by atoms with Gasteiger partial charge in [-0.3, -0.25) is 4.79 Å². The van der Waals surface area contributed by atoms with Gasteiger partial charge in [0.05, 0.1) is 5.75 Å². The molecule has 1 saturated carbocycles. The first-order valence-electron chi connectivity index (χ1n) is 6.62. The number of rotatable bonds is 7. The van der Waals surface area contributed by atoms with E-state index in [2.05, 4.69) is 4.72 Å². The highest BCUT2D eigenvalue weighted by Crippen LogP contribution is 2.26. The average molecular weight is 277 g/mol. The van der Waals surface area contributed by atoms with Crippen molar-refractivity contribution in [1.29, 1.82) is 0 Å². The molecule has 0 radical (unpaired) electrons. The summed E-state index contributed by atoms with van der Waals surface area (Å²) in [6.07, 6.45) is 5.83. The summed E-state index contributed by atoms with van der Waals surface area (Å²) in [5.41, 5.74) is 0. The van der Waals surface area contributed by atoms with Crippen LogP contribution in [0.2, 0.25) is 0 Å². The van der Waals surface area contributed by atoms with Crippen molar-refractivity contribution in [3.8, 4) is 0 Å². The molecule has 0 aromatic carbocycles. The van der Waals surface area contributed by atoms with Crippen molar-refractivity contribution >= 4 is 16.0 Å². The van der Waals surface area contributed by atoms with E-state index in [-0.39, 0.29) is 24.6 Å². The first kappa shape index (κ1) is 15.4. The monoisotopic (exact) mass is 277 g/mol. The Morgan fingerprint density at radius 1 is 1.33 bits per heavy atom. The zero-order chi connectivity index (χ0) is 13.6. The van der Waals surface area contributed by atoms with Crippen molar-refractivity contribution in [1.82, 2.24) is 4.72 Å². The minimum atomic E-state index is -3.34. The highest BCUT2D eigenvalue weighted by molar-refractivity contribution is 7.89. The molecule has 0 aromatic rings. The summed E-state index contributed by atoms with van der Waals surface area (Å²) in [5.74, 6) is -0.630. The lowest BCUT2D eigenvalue weighted by Gasteiger charge is -2.28. The summed E-state index contributed by atoms with van der Waals surface area (Å²) >= 11 is 0. The van der Waals surface area contributed by atoms with E-state index in [1.807, 2.05) is 6.92 Å². The van der Waals surface area contributed by atoms with Gasteiger partial charge in [-0.15, -0.1) is 0 Å². The van der Waals surface area contributed by atoms with Crippen molar-refractivity contribution in [3.63, 3.8) is 0 Å². The number of nitrogens with one attached hydrogen (secondary N) is 1. The minimum absolute atomic E-state index is 0.0415. The molecule has 0 bridgehead atoms. The Labute approximate surface area is 109 Å². The molecule has 5 nitrogen and oxygen atoms in total. The normalized spacial score (nSPS) is 19.6. The maximum atomic E-state index is 11.8. The van der Waals surface area contributed by atoms with Crippen LogP contribution in [0.25, 0.3) is 0 Å². The summed E-state index contributed by atoms with van der Waals surface area (Å²) in [4.78, 5) is 10.3. The van der Waals surface area contributed by atoms with Gasteiger partial charge in [0.25, 0.3) is 0 Å². The Hall–Kier alpha value is -0.620.